The average molecular weight is 405 g/mol. The molecule has 1 aliphatic heterocycles. The minimum absolute atomic E-state index is 0.250. The Morgan fingerprint density at radius 2 is 1.80 bits per heavy atom. The molecule has 156 valence electrons. The van der Waals surface area contributed by atoms with E-state index >= 15 is 0 Å². The van der Waals surface area contributed by atoms with Gasteiger partial charge in [0, 0.05) is 24.2 Å². The molecule has 2 aliphatic rings. The van der Waals surface area contributed by atoms with Gasteiger partial charge in [-0.2, -0.15) is 9.97 Å². The molecule has 1 aromatic heterocycles. The van der Waals surface area contributed by atoms with Gasteiger partial charge >= 0.3 is 6.01 Å². The Morgan fingerprint density at radius 3 is 2.53 bits per heavy atom. The normalized spacial score (nSPS) is 17.7. The van der Waals surface area contributed by atoms with Gasteiger partial charge in [0.15, 0.2) is 0 Å². The van der Waals surface area contributed by atoms with Crippen molar-refractivity contribution >= 4 is 22.4 Å². The number of ether oxygens (including phenoxy) is 2. The first-order valence-corrected chi connectivity index (χ1v) is 10.8. The van der Waals surface area contributed by atoms with Crippen molar-refractivity contribution in [1.29, 1.82) is 0 Å². The smallest absolute Gasteiger partial charge is 0.319 e. The number of hydrogen-bond acceptors (Lipinski definition) is 6. The lowest BCUT2D eigenvalue weighted by atomic mass is 9.88. The molecule has 30 heavy (non-hydrogen) atoms. The third kappa shape index (κ3) is 3.62. The quantitative estimate of drug-likeness (QED) is 0.630. The number of methoxy groups -OCH3 is 1. The lowest BCUT2D eigenvalue weighted by Crippen LogP contribution is -2.34. The van der Waals surface area contributed by atoms with Crippen LogP contribution in [0.25, 0.3) is 10.9 Å². The maximum absolute atomic E-state index is 6.08. The summed E-state index contributed by atoms with van der Waals surface area (Å²) in [5.74, 6) is 2.40. The number of nitrogens with zero attached hydrogens (tertiary/aromatic N) is 3. The van der Waals surface area contributed by atoms with E-state index in [2.05, 4.69) is 22.0 Å². The van der Waals surface area contributed by atoms with Crippen LogP contribution < -0.4 is 20.1 Å². The van der Waals surface area contributed by atoms with Crippen molar-refractivity contribution < 1.29 is 9.47 Å². The molecule has 0 spiro atoms. The van der Waals surface area contributed by atoms with E-state index in [1.807, 2.05) is 30.3 Å². The summed E-state index contributed by atoms with van der Waals surface area (Å²) in [5.41, 5.74) is 8.99. The van der Waals surface area contributed by atoms with Gasteiger partial charge in [-0.15, -0.1) is 0 Å². The van der Waals surface area contributed by atoms with E-state index in [4.69, 9.17) is 20.2 Å². The summed E-state index contributed by atoms with van der Waals surface area (Å²) >= 11 is 0. The molecule has 5 rings (SSSR count). The van der Waals surface area contributed by atoms with Crippen molar-refractivity contribution in [2.45, 2.75) is 44.1 Å². The molecule has 0 unspecified atom stereocenters. The maximum atomic E-state index is 6.08. The topological polar surface area (TPSA) is 73.5 Å². The Labute approximate surface area is 177 Å². The van der Waals surface area contributed by atoms with Crippen molar-refractivity contribution in [2.75, 3.05) is 30.8 Å². The summed E-state index contributed by atoms with van der Waals surface area (Å²) in [7, 11) is 1.75. The molecular formula is C24H28N4O2. The van der Waals surface area contributed by atoms with E-state index in [-0.39, 0.29) is 6.10 Å². The number of benzene rings is 2. The molecule has 0 radical (unpaired) electrons. The molecule has 6 heteroatoms. The Hall–Kier alpha value is -3.02. The minimum Gasteiger partial charge on any atom is -0.496 e. The predicted molar refractivity (Wildman–Crippen MR) is 119 cm³/mol. The fraction of sp³-hybridized carbons (Fsp3) is 0.417. The van der Waals surface area contributed by atoms with E-state index in [9.17, 15) is 0 Å². The summed E-state index contributed by atoms with van der Waals surface area (Å²) in [5, 5.41) is 0.992. The van der Waals surface area contributed by atoms with Gasteiger partial charge in [-0.3, -0.25) is 0 Å². The number of nitrogens with two attached hydrogens (primary N) is 1. The average Bonchev–Trinajstić information content (AvgIpc) is 2.76. The molecule has 2 heterocycles. The standard InChI is InChI=1S/C24H28N4O2/c1-29-22-8-3-2-7-19(22)16-11-13-28(14-12-16)23-20-15-17(25)9-10-21(20)26-24(27-23)30-18-5-4-6-18/h2-3,7-10,15-16,18H,4-6,11-14,25H2,1H3. The summed E-state index contributed by atoms with van der Waals surface area (Å²) in [6, 6.07) is 14.7. The first-order valence-electron chi connectivity index (χ1n) is 10.8. The van der Waals surface area contributed by atoms with Crippen molar-refractivity contribution in [1.82, 2.24) is 9.97 Å². The molecule has 1 saturated carbocycles. The third-order valence-corrected chi connectivity index (χ3v) is 6.38. The van der Waals surface area contributed by atoms with Crippen LogP contribution in [0.5, 0.6) is 11.8 Å². The first kappa shape index (κ1) is 19.0. The van der Waals surface area contributed by atoms with Crippen molar-refractivity contribution in [3.8, 4) is 11.8 Å². The van der Waals surface area contributed by atoms with Crippen LogP contribution in [0.3, 0.4) is 0 Å². The lowest BCUT2D eigenvalue weighted by Gasteiger charge is -2.34. The number of nitrogen functional groups attached to an aromatic ring is 1. The molecule has 0 atom stereocenters. The van der Waals surface area contributed by atoms with Crippen LogP contribution in [0.1, 0.15) is 43.6 Å². The maximum Gasteiger partial charge on any atom is 0.319 e. The van der Waals surface area contributed by atoms with Crippen LogP contribution in [0.15, 0.2) is 42.5 Å². The van der Waals surface area contributed by atoms with E-state index in [0.29, 0.717) is 11.9 Å². The number of hydrogen-bond donors (Lipinski definition) is 1. The van der Waals surface area contributed by atoms with Gasteiger partial charge < -0.3 is 20.1 Å². The fourth-order valence-corrected chi connectivity index (χ4v) is 4.45. The Balaban J connectivity index is 1.42. The van der Waals surface area contributed by atoms with Crippen LogP contribution in [-0.2, 0) is 0 Å². The SMILES string of the molecule is COc1ccccc1C1CCN(c2nc(OC3CCC3)nc3ccc(N)cc23)CC1. The molecule has 2 fully saturated rings. The molecule has 0 bridgehead atoms. The van der Waals surface area contributed by atoms with Gasteiger partial charge in [0.05, 0.1) is 12.6 Å². The second-order valence-corrected chi connectivity index (χ2v) is 8.28. The number of anilines is 2. The Bertz CT molecular complexity index is 1040. The number of fused-ring (bicyclic) bond motifs is 1. The third-order valence-electron chi connectivity index (χ3n) is 6.38. The van der Waals surface area contributed by atoms with Crippen LogP contribution in [-0.4, -0.2) is 36.3 Å². The summed E-state index contributed by atoms with van der Waals surface area (Å²) < 4.78 is 11.6. The molecule has 3 aromatic rings. The number of para-hydroxylation sites is 1. The van der Waals surface area contributed by atoms with Gasteiger partial charge in [-0.25, -0.2) is 0 Å². The minimum atomic E-state index is 0.250. The van der Waals surface area contributed by atoms with Crippen LogP contribution >= 0.6 is 0 Å². The van der Waals surface area contributed by atoms with Crippen LogP contribution in [0, 0.1) is 0 Å². The van der Waals surface area contributed by atoms with Gasteiger partial charge in [-0.05, 0) is 67.9 Å². The zero-order valence-electron chi connectivity index (χ0n) is 17.4. The fourth-order valence-electron chi connectivity index (χ4n) is 4.45. The van der Waals surface area contributed by atoms with Gasteiger partial charge in [0.25, 0.3) is 0 Å². The number of aromatic nitrogens is 2. The largest absolute Gasteiger partial charge is 0.496 e. The number of piperidine rings is 1. The summed E-state index contributed by atoms with van der Waals surface area (Å²) in [6.07, 6.45) is 5.74. The van der Waals surface area contributed by atoms with Crippen molar-refractivity contribution in [3.63, 3.8) is 0 Å². The van der Waals surface area contributed by atoms with Crippen molar-refractivity contribution in [2.24, 2.45) is 0 Å². The zero-order chi connectivity index (χ0) is 20.5. The monoisotopic (exact) mass is 404 g/mol. The highest BCUT2D eigenvalue weighted by atomic mass is 16.5. The highest BCUT2D eigenvalue weighted by molar-refractivity contribution is 5.92. The molecule has 0 amide bonds. The van der Waals surface area contributed by atoms with Gasteiger partial charge in [-0.1, -0.05) is 18.2 Å². The molecule has 2 aromatic carbocycles. The zero-order valence-corrected chi connectivity index (χ0v) is 17.4. The van der Waals surface area contributed by atoms with E-state index < -0.39 is 0 Å². The van der Waals surface area contributed by atoms with E-state index in [0.717, 1.165) is 66.9 Å². The molecular weight excluding hydrogens is 376 g/mol. The van der Waals surface area contributed by atoms with E-state index in [1.165, 1.54) is 12.0 Å². The molecule has 1 saturated heterocycles. The Morgan fingerprint density at radius 1 is 1.00 bits per heavy atom. The predicted octanol–water partition coefficient (Wildman–Crippen LogP) is 4.54. The van der Waals surface area contributed by atoms with Crippen LogP contribution in [0.2, 0.25) is 0 Å². The highest BCUT2D eigenvalue weighted by Gasteiger charge is 2.26. The first-order chi connectivity index (χ1) is 14.7. The van der Waals surface area contributed by atoms with Gasteiger partial charge in [0.1, 0.15) is 17.7 Å². The summed E-state index contributed by atoms with van der Waals surface area (Å²) in [6.45, 7) is 1.85. The summed E-state index contributed by atoms with van der Waals surface area (Å²) in [4.78, 5) is 11.8. The highest BCUT2D eigenvalue weighted by Crippen LogP contribution is 2.37. The Kier molecular flexibility index (Phi) is 5.07. The van der Waals surface area contributed by atoms with Gasteiger partial charge in [0.2, 0.25) is 0 Å². The lowest BCUT2D eigenvalue weighted by molar-refractivity contribution is 0.109. The second kappa shape index (κ2) is 8.01. The van der Waals surface area contributed by atoms with Crippen molar-refractivity contribution in [3.05, 3.63) is 48.0 Å². The van der Waals surface area contributed by atoms with Crippen LogP contribution in [0.4, 0.5) is 11.5 Å². The molecule has 1 aliphatic carbocycles. The molecule has 6 nitrogen and oxygen atoms in total. The molecule has 2 N–H and O–H groups in total. The number of rotatable bonds is 5. The second-order valence-electron chi connectivity index (χ2n) is 8.28. The van der Waals surface area contributed by atoms with E-state index in [1.54, 1.807) is 7.11 Å².